The van der Waals surface area contributed by atoms with Gasteiger partial charge in [-0.05, 0) is 57.2 Å². The highest BCUT2D eigenvalue weighted by Crippen LogP contribution is 2.32. The van der Waals surface area contributed by atoms with Gasteiger partial charge in [0, 0.05) is 12.5 Å². The first-order valence-corrected chi connectivity index (χ1v) is 7.78. The van der Waals surface area contributed by atoms with Crippen molar-refractivity contribution in [3.63, 3.8) is 0 Å². The van der Waals surface area contributed by atoms with E-state index >= 15 is 0 Å². The Balaban J connectivity index is 0.00000220. The summed E-state index contributed by atoms with van der Waals surface area (Å²) >= 11 is 0. The average Bonchev–Trinajstić information content (AvgIpc) is 2.49. The van der Waals surface area contributed by atoms with E-state index in [1.165, 1.54) is 18.4 Å². The van der Waals surface area contributed by atoms with Crippen LogP contribution in [0.1, 0.15) is 50.0 Å². The summed E-state index contributed by atoms with van der Waals surface area (Å²) in [6, 6.07) is 11.1. The minimum absolute atomic E-state index is 0. The van der Waals surface area contributed by atoms with Crippen LogP contribution in [0.4, 0.5) is 0 Å². The summed E-state index contributed by atoms with van der Waals surface area (Å²) in [7, 11) is 1.92. The van der Waals surface area contributed by atoms with Crippen LogP contribution in [-0.2, 0) is 4.79 Å². The Morgan fingerprint density at radius 1 is 1.14 bits per heavy atom. The maximum absolute atomic E-state index is 11.8. The fraction of sp³-hybridized carbons (Fsp3) is 0.588. The summed E-state index contributed by atoms with van der Waals surface area (Å²) in [5, 5.41) is 6.25. The highest BCUT2D eigenvalue weighted by atomic mass is 35.5. The molecular weight excluding hydrogens is 284 g/mol. The molecule has 0 bridgehead atoms. The lowest BCUT2D eigenvalue weighted by atomic mass is 9.82. The standard InChI is InChI=1S/C17H26N2O.ClH/c1-18-13-5-8-17(20)19-16-11-9-15(10-12-16)14-6-3-2-4-7-14;/h2-4,6-7,15-16,18H,5,8-13H2,1H3,(H,19,20);1H. The van der Waals surface area contributed by atoms with Crippen molar-refractivity contribution in [3.05, 3.63) is 35.9 Å². The molecular formula is C17H27ClN2O. The molecule has 1 aromatic carbocycles. The van der Waals surface area contributed by atoms with Crippen LogP contribution in [0.5, 0.6) is 0 Å². The number of amides is 1. The van der Waals surface area contributed by atoms with Gasteiger partial charge in [0.2, 0.25) is 5.91 Å². The molecule has 0 atom stereocenters. The number of benzene rings is 1. The second kappa shape index (κ2) is 9.80. The van der Waals surface area contributed by atoms with E-state index in [4.69, 9.17) is 0 Å². The molecule has 0 aliphatic heterocycles. The maximum atomic E-state index is 11.8. The molecule has 4 heteroatoms. The molecule has 0 unspecified atom stereocenters. The van der Waals surface area contributed by atoms with Crippen molar-refractivity contribution in [3.8, 4) is 0 Å². The van der Waals surface area contributed by atoms with Crippen LogP contribution < -0.4 is 10.6 Å². The molecule has 0 radical (unpaired) electrons. The van der Waals surface area contributed by atoms with Gasteiger partial charge in [-0.25, -0.2) is 0 Å². The van der Waals surface area contributed by atoms with Gasteiger partial charge in [-0.1, -0.05) is 30.3 Å². The third kappa shape index (κ3) is 6.06. The molecule has 1 aliphatic rings. The Morgan fingerprint density at radius 2 is 1.81 bits per heavy atom. The number of hydrogen-bond donors (Lipinski definition) is 2. The average molecular weight is 311 g/mol. The van der Waals surface area contributed by atoms with E-state index in [1.807, 2.05) is 7.05 Å². The van der Waals surface area contributed by atoms with Crippen molar-refractivity contribution in [1.82, 2.24) is 10.6 Å². The van der Waals surface area contributed by atoms with Gasteiger partial charge in [0.15, 0.2) is 0 Å². The molecule has 2 N–H and O–H groups in total. The summed E-state index contributed by atoms with van der Waals surface area (Å²) in [4.78, 5) is 11.8. The van der Waals surface area contributed by atoms with Crippen molar-refractivity contribution in [2.75, 3.05) is 13.6 Å². The number of carbonyl (C=O) groups is 1. The van der Waals surface area contributed by atoms with Crippen LogP contribution in [0.2, 0.25) is 0 Å². The van der Waals surface area contributed by atoms with Crippen molar-refractivity contribution in [1.29, 1.82) is 0 Å². The molecule has 1 fully saturated rings. The van der Waals surface area contributed by atoms with Crippen molar-refractivity contribution < 1.29 is 4.79 Å². The summed E-state index contributed by atoms with van der Waals surface area (Å²) in [5.41, 5.74) is 1.45. The van der Waals surface area contributed by atoms with Crippen LogP contribution in [0.25, 0.3) is 0 Å². The highest BCUT2D eigenvalue weighted by molar-refractivity contribution is 5.85. The predicted molar refractivity (Wildman–Crippen MR) is 90.0 cm³/mol. The van der Waals surface area contributed by atoms with Crippen LogP contribution in [0, 0.1) is 0 Å². The largest absolute Gasteiger partial charge is 0.353 e. The van der Waals surface area contributed by atoms with Crippen LogP contribution in [0.3, 0.4) is 0 Å². The zero-order valence-corrected chi connectivity index (χ0v) is 13.6. The smallest absolute Gasteiger partial charge is 0.220 e. The van der Waals surface area contributed by atoms with Gasteiger partial charge in [-0.15, -0.1) is 12.4 Å². The van der Waals surface area contributed by atoms with E-state index in [-0.39, 0.29) is 18.3 Å². The Morgan fingerprint density at radius 3 is 2.43 bits per heavy atom. The minimum Gasteiger partial charge on any atom is -0.353 e. The predicted octanol–water partition coefficient (Wildman–Crippen LogP) is 3.25. The van der Waals surface area contributed by atoms with Crippen molar-refractivity contribution in [2.24, 2.45) is 0 Å². The van der Waals surface area contributed by atoms with Crippen LogP contribution in [0.15, 0.2) is 30.3 Å². The number of hydrogen-bond acceptors (Lipinski definition) is 2. The molecule has 3 nitrogen and oxygen atoms in total. The zero-order valence-electron chi connectivity index (χ0n) is 12.8. The first-order chi connectivity index (χ1) is 9.79. The van der Waals surface area contributed by atoms with Crippen molar-refractivity contribution >= 4 is 18.3 Å². The fourth-order valence-corrected chi connectivity index (χ4v) is 3.02. The molecule has 1 aromatic rings. The third-order valence-corrected chi connectivity index (χ3v) is 4.19. The lowest BCUT2D eigenvalue weighted by Crippen LogP contribution is -2.37. The van der Waals surface area contributed by atoms with Gasteiger partial charge < -0.3 is 10.6 Å². The van der Waals surface area contributed by atoms with Gasteiger partial charge in [0.05, 0.1) is 0 Å². The Labute approximate surface area is 134 Å². The monoisotopic (exact) mass is 310 g/mol. The number of rotatable bonds is 6. The van der Waals surface area contributed by atoms with E-state index in [2.05, 4.69) is 41.0 Å². The van der Waals surface area contributed by atoms with Gasteiger partial charge in [-0.3, -0.25) is 4.79 Å². The lowest BCUT2D eigenvalue weighted by Gasteiger charge is -2.29. The van der Waals surface area contributed by atoms with E-state index < -0.39 is 0 Å². The molecule has 1 amide bonds. The van der Waals surface area contributed by atoms with E-state index in [0.717, 1.165) is 25.8 Å². The molecule has 1 saturated carbocycles. The molecule has 0 aromatic heterocycles. The Kier molecular flexibility index (Phi) is 8.40. The molecule has 1 aliphatic carbocycles. The quantitative estimate of drug-likeness (QED) is 0.792. The lowest BCUT2D eigenvalue weighted by molar-refractivity contribution is -0.122. The number of nitrogens with one attached hydrogen (secondary N) is 2. The van der Waals surface area contributed by atoms with E-state index in [9.17, 15) is 4.79 Å². The Hall–Kier alpha value is -1.06. The number of halogens is 1. The van der Waals surface area contributed by atoms with Crippen LogP contribution in [-0.4, -0.2) is 25.5 Å². The minimum atomic E-state index is 0. The maximum Gasteiger partial charge on any atom is 0.220 e. The number of carbonyl (C=O) groups excluding carboxylic acids is 1. The fourth-order valence-electron chi connectivity index (χ4n) is 3.02. The second-order valence-corrected chi connectivity index (χ2v) is 5.73. The Bertz CT molecular complexity index is 403. The molecule has 21 heavy (non-hydrogen) atoms. The summed E-state index contributed by atoms with van der Waals surface area (Å²) in [5.74, 6) is 0.886. The van der Waals surface area contributed by atoms with Gasteiger partial charge in [-0.2, -0.15) is 0 Å². The summed E-state index contributed by atoms with van der Waals surface area (Å²) in [6.45, 7) is 0.911. The molecule has 118 valence electrons. The SMILES string of the molecule is CNCCCC(=O)NC1CCC(c2ccccc2)CC1.Cl. The third-order valence-electron chi connectivity index (χ3n) is 4.19. The van der Waals surface area contributed by atoms with E-state index in [1.54, 1.807) is 0 Å². The van der Waals surface area contributed by atoms with E-state index in [0.29, 0.717) is 18.4 Å². The topological polar surface area (TPSA) is 41.1 Å². The van der Waals surface area contributed by atoms with Gasteiger partial charge >= 0.3 is 0 Å². The molecule has 0 saturated heterocycles. The first-order valence-electron chi connectivity index (χ1n) is 7.78. The van der Waals surface area contributed by atoms with Crippen LogP contribution >= 0.6 is 12.4 Å². The zero-order chi connectivity index (χ0) is 14.2. The summed E-state index contributed by atoms with van der Waals surface area (Å²) < 4.78 is 0. The normalized spacial score (nSPS) is 21.4. The highest BCUT2D eigenvalue weighted by Gasteiger charge is 2.23. The van der Waals surface area contributed by atoms with Gasteiger partial charge in [0.1, 0.15) is 0 Å². The molecule has 0 spiro atoms. The molecule has 0 heterocycles. The van der Waals surface area contributed by atoms with Gasteiger partial charge in [0.25, 0.3) is 0 Å². The second-order valence-electron chi connectivity index (χ2n) is 5.73. The molecule has 2 rings (SSSR count). The summed E-state index contributed by atoms with van der Waals surface area (Å²) in [6.07, 6.45) is 6.15. The van der Waals surface area contributed by atoms with Crippen molar-refractivity contribution in [2.45, 2.75) is 50.5 Å². The first kappa shape index (κ1) is 18.0.